The van der Waals surface area contributed by atoms with Crippen LogP contribution in [0.4, 0.5) is 15.8 Å². The van der Waals surface area contributed by atoms with Crippen LogP contribution in [-0.2, 0) is 0 Å². The summed E-state index contributed by atoms with van der Waals surface area (Å²) in [7, 11) is 2.00. The minimum Gasteiger partial charge on any atom is -0.378 e. The van der Waals surface area contributed by atoms with Gasteiger partial charge in [0.1, 0.15) is 11.5 Å². The van der Waals surface area contributed by atoms with Crippen molar-refractivity contribution in [1.29, 1.82) is 0 Å². The molecule has 1 rings (SSSR count). The Labute approximate surface area is 112 Å². The molecule has 19 heavy (non-hydrogen) atoms. The fraction of sp³-hybridized carbons (Fsp3) is 0.538. The third kappa shape index (κ3) is 4.48. The number of nitrogens with zero attached hydrogens (tertiary/aromatic N) is 2. The molecule has 0 heterocycles. The molecular formula is C13H20FN3O2. The van der Waals surface area contributed by atoms with Crippen LogP contribution in [0.5, 0.6) is 0 Å². The standard InChI is InChI=1S/C13H20FN3O2/c1-4-10(2)16(3)8-7-15-12-9-11(14)5-6-13(12)17(18)19/h5-6,9-10,15H,4,7-8H2,1-3H3. The maximum atomic E-state index is 13.1. The van der Waals surface area contributed by atoms with Crippen LogP contribution in [0.3, 0.4) is 0 Å². The Balaban J connectivity index is 2.62. The van der Waals surface area contributed by atoms with Gasteiger partial charge < -0.3 is 10.2 Å². The van der Waals surface area contributed by atoms with Crippen LogP contribution in [0.2, 0.25) is 0 Å². The third-order valence-corrected chi connectivity index (χ3v) is 3.28. The molecule has 0 aliphatic carbocycles. The smallest absolute Gasteiger partial charge is 0.292 e. The molecule has 1 atom stereocenters. The summed E-state index contributed by atoms with van der Waals surface area (Å²) < 4.78 is 13.1. The van der Waals surface area contributed by atoms with E-state index in [0.717, 1.165) is 25.1 Å². The van der Waals surface area contributed by atoms with Gasteiger partial charge in [0.25, 0.3) is 5.69 Å². The van der Waals surface area contributed by atoms with Gasteiger partial charge in [-0.3, -0.25) is 10.1 Å². The molecule has 1 unspecified atom stereocenters. The van der Waals surface area contributed by atoms with Crippen LogP contribution in [-0.4, -0.2) is 36.0 Å². The zero-order valence-electron chi connectivity index (χ0n) is 11.5. The van der Waals surface area contributed by atoms with Crippen LogP contribution in [0.1, 0.15) is 20.3 Å². The number of nitro benzene ring substituents is 1. The van der Waals surface area contributed by atoms with Gasteiger partial charge in [-0.25, -0.2) is 4.39 Å². The second-order valence-electron chi connectivity index (χ2n) is 4.58. The van der Waals surface area contributed by atoms with Gasteiger partial charge in [-0.15, -0.1) is 0 Å². The summed E-state index contributed by atoms with van der Waals surface area (Å²) in [5.41, 5.74) is 0.121. The number of hydrogen-bond donors (Lipinski definition) is 1. The van der Waals surface area contributed by atoms with E-state index < -0.39 is 10.7 Å². The Bertz CT molecular complexity index is 440. The number of nitrogens with one attached hydrogen (secondary N) is 1. The quantitative estimate of drug-likeness (QED) is 0.611. The Morgan fingerprint density at radius 3 is 2.79 bits per heavy atom. The predicted molar refractivity (Wildman–Crippen MR) is 73.9 cm³/mol. The topological polar surface area (TPSA) is 58.4 Å². The SMILES string of the molecule is CCC(C)N(C)CCNc1cc(F)ccc1[N+](=O)[O-]. The molecule has 0 aromatic heterocycles. The monoisotopic (exact) mass is 269 g/mol. The second kappa shape index (κ2) is 7.04. The number of halogens is 1. The van der Waals surface area contributed by atoms with Crippen molar-refractivity contribution >= 4 is 11.4 Å². The molecular weight excluding hydrogens is 249 g/mol. The van der Waals surface area contributed by atoms with Gasteiger partial charge in [0.2, 0.25) is 0 Å². The van der Waals surface area contributed by atoms with E-state index >= 15 is 0 Å². The van der Waals surface area contributed by atoms with E-state index in [9.17, 15) is 14.5 Å². The fourth-order valence-corrected chi connectivity index (χ4v) is 1.71. The van der Waals surface area contributed by atoms with Crippen molar-refractivity contribution in [3.63, 3.8) is 0 Å². The predicted octanol–water partition coefficient (Wildman–Crippen LogP) is 2.88. The number of hydrogen-bond acceptors (Lipinski definition) is 4. The highest BCUT2D eigenvalue weighted by atomic mass is 19.1. The molecule has 1 N–H and O–H groups in total. The average Bonchev–Trinajstić information content (AvgIpc) is 2.37. The van der Waals surface area contributed by atoms with E-state index in [0.29, 0.717) is 12.6 Å². The van der Waals surface area contributed by atoms with Crippen molar-refractivity contribution in [2.75, 3.05) is 25.5 Å². The molecule has 6 heteroatoms. The lowest BCUT2D eigenvalue weighted by Crippen LogP contribution is -2.32. The number of benzene rings is 1. The largest absolute Gasteiger partial charge is 0.378 e. The number of rotatable bonds is 7. The summed E-state index contributed by atoms with van der Waals surface area (Å²) >= 11 is 0. The summed E-state index contributed by atoms with van der Waals surface area (Å²) in [4.78, 5) is 12.5. The highest BCUT2D eigenvalue weighted by Crippen LogP contribution is 2.24. The van der Waals surface area contributed by atoms with E-state index in [4.69, 9.17) is 0 Å². The normalized spacial score (nSPS) is 12.5. The highest BCUT2D eigenvalue weighted by Gasteiger charge is 2.14. The second-order valence-corrected chi connectivity index (χ2v) is 4.58. The van der Waals surface area contributed by atoms with Gasteiger partial charge in [-0.2, -0.15) is 0 Å². The highest BCUT2D eigenvalue weighted by molar-refractivity contribution is 5.61. The first kappa shape index (κ1) is 15.4. The van der Waals surface area contributed by atoms with E-state index in [1.54, 1.807) is 0 Å². The molecule has 106 valence electrons. The van der Waals surface area contributed by atoms with Crippen molar-refractivity contribution in [1.82, 2.24) is 4.90 Å². The summed E-state index contributed by atoms with van der Waals surface area (Å²) in [6, 6.07) is 3.87. The van der Waals surface area contributed by atoms with Crippen molar-refractivity contribution in [2.45, 2.75) is 26.3 Å². The molecule has 0 amide bonds. The molecule has 0 spiro atoms. The number of nitro groups is 1. The van der Waals surface area contributed by atoms with E-state index in [2.05, 4.69) is 24.1 Å². The molecule has 1 aromatic rings. The van der Waals surface area contributed by atoms with E-state index in [1.165, 1.54) is 6.07 Å². The van der Waals surface area contributed by atoms with Gasteiger partial charge in [0, 0.05) is 31.3 Å². The lowest BCUT2D eigenvalue weighted by Gasteiger charge is -2.23. The summed E-state index contributed by atoms with van der Waals surface area (Å²) in [6.07, 6.45) is 1.04. The molecule has 5 nitrogen and oxygen atoms in total. The maximum Gasteiger partial charge on any atom is 0.292 e. The molecule has 1 aromatic carbocycles. The van der Waals surface area contributed by atoms with Crippen LogP contribution in [0.25, 0.3) is 0 Å². The Morgan fingerprint density at radius 2 is 2.21 bits per heavy atom. The first-order valence-corrected chi connectivity index (χ1v) is 6.33. The Kier molecular flexibility index (Phi) is 5.69. The Morgan fingerprint density at radius 1 is 1.53 bits per heavy atom. The Hall–Kier alpha value is -1.69. The summed E-state index contributed by atoms with van der Waals surface area (Å²) in [5, 5.41) is 13.7. The third-order valence-electron chi connectivity index (χ3n) is 3.28. The minimum atomic E-state index is -0.514. The number of anilines is 1. The minimum absolute atomic E-state index is 0.104. The van der Waals surface area contributed by atoms with E-state index in [1.807, 2.05) is 7.05 Å². The molecule has 0 fully saturated rings. The van der Waals surface area contributed by atoms with Crippen LogP contribution < -0.4 is 5.32 Å². The molecule has 0 radical (unpaired) electrons. The fourth-order valence-electron chi connectivity index (χ4n) is 1.71. The van der Waals surface area contributed by atoms with Gasteiger partial charge in [-0.05, 0) is 26.5 Å². The lowest BCUT2D eigenvalue weighted by molar-refractivity contribution is -0.384. The first-order chi connectivity index (χ1) is 8.95. The number of likely N-dealkylation sites (N-methyl/N-ethyl adjacent to an activating group) is 1. The van der Waals surface area contributed by atoms with Crippen LogP contribution >= 0.6 is 0 Å². The first-order valence-electron chi connectivity index (χ1n) is 6.33. The molecule has 0 saturated carbocycles. The van der Waals surface area contributed by atoms with Crippen molar-refractivity contribution in [3.8, 4) is 0 Å². The van der Waals surface area contributed by atoms with Crippen LogP contribution in [0.15, 0.2) is 18.2 Å². The van der Waals surface area contributed by atoms with Gasteiger partial charge in [0.15, 0.2) is 0 Å². The summed E-state index contributed by atoms with van der Waals surface area (Å²) in [6.45, 7) is 5.49. The van der Waals surface area contributed by atoms with Crippen molar-refractivity contribution < 1.29 is 9.31 Å². The summed E-state index contributed by atoms with van der Waals surface area (Å²) in [5.74, 6) is -0.483. The zero-order chi connectivity index (χ0) is 14.4. The van der Waals surface area contributed by atoms with E-state index in [-0.39, 0.29) is 11.4 Å². The average molecular weight is 269 g/mol. The zero-order valence-corrected chi connectivity index (χ0v) is 11.5. The van der Waals surface area contributed by atoms with Gasteiger partial charge >= 0.3 is 0 Å². The van der Waals surface area contributed by atoms with Crippen LogP contribution in [0, 0.1) is 15.9 Å². The molecule has 0 aliphatic heterocycles. The van der Waals surface area contributed by atoms with Gasteiger partial charge in [-0.1, -0.05) is 6.92 Å². The molecule has 0 bridgehead atoms. The van der Waals surface area contributed by atoms with Crippen molar-refractivity contribution in [2.24, 2.45) is 0 Å². The lowest BCUT2D eigenvalue weighted by atomic mass is 10.2. The van der Waals surface area contributed by atoms with Crippen molar-refractivity contribution in [3.05, 3.63) is 34.1 Å². The van der Waals surface area contributed by atoms with Gasteiger partial charge in [0.05, 0.1) is 4.92 Å². The molecule has 0 saturated heterocycles. The maximum absolute atomic E-state index is 13.1. The molecule has 0 aliphatic rings.